The van der Waals surface area contributed by atoms with Gasteiger partial charge in [-0.3, -0.25) is 10.0 Å². The first kappa shape index (κ1) is 15.5. The Morgan fingerprint density at radius 2 is 1.86 bits per heavy atom. The van der Waals surface area contributed by atoms with Crippen molar-refractivity contribution in [3.05, 3.63) is 65.2 Å². The van der Waals surface area contributed by atoms with Crippen LogP contribution in [0.5, 0.6) is 5.75 Å². The Labute approximate surface area is 127 Å². The summed E-state index contributed by atoms with van der Waals surface area (Å²) >= 11 is 0. The molecule has 0 aliphatic rings. The number of rotatable bonds is 5. The molecule has 0 aliphatic heterocycles. The second kappa shape index (κ2) is 7.24. The van der Waals surface area contributed by atoms with Crippen LogP contribution in [0.4, 0.5) is 0 Å². The molecule has 0 saturated carbocycles. The van der Waals surface area contributed by atoms with Gasteiger partial charge in [-0.15, -0.1) is 0 Å². The van der Waals surface area contributed by atoms with Crippen LogP contribution in [0.2, 0.25) is 0 Å². The van der Waals surface area contributed by atoms with Gasteiger partial charge in [-0.1, -0.05) is 30.3 Å². The van der Waals surface area contributed by atoms with Crippen LogP contribution in [-0.2, 0) is 11.3 Å². The lowest BCUT2D eigenvalue weighted by Gasteiger charge is -2.11. The molecule has 0 heterocycles. The van der Waals surface area contributed by atoms with Gasteiger partial charge in [-0.25, -0.2) is 10.3 Å². The Morgan fingerprint density at radius 1 is 1.14 bits per heavy atom. The molecule has 22 heavy (non-hydrogen) atoms. The number of carbonyl (C=O) groups is 2. The summed E-state index contributed by atoms with van der Waals surface area (Å²) in [6.45, 7) is 0.274. The molecule has 2 rings (SSSR count). The summed E-state index contributed by atoms with van der Waals surface area (Å²) in [5.74, 6) is -1.05. The van der Waals surface area contributed by atoms with Crippen LogP contribution in [0, 0.1) is 0 Å². The van der Waals surface area contributed by atoms with Gasteiger partial charge in [0.2, 0.25) is 0 Å². The first-order chi connectivity index (χ1) is 10.7. The van der Waals surface area contributed by atoms with Crippen molar-refractivity contribution in [2.75, 3.05) is 7.11 Å². The van der Waals surface area contributed by atoms with E-state index in [1.165, 1.54) is 30.8 Å². The molecule has 0 atom stereocenters. The number of hydrogen-bond donors (Lipinski definition) is 2. The zero-order chi connectivity index (χ0) is 15.9. The molecule has 0 fully saturated rings. The molecule has 6 heteroatoms. The Balaban J connectivity index is 2.26. The molecular weight excluding hydrogens is 286 g/mol. The number of benzene rings is 2. The number of nitrogens with one attached hydrogen (secondary N) is 1. The third-order valence-electron chi connectivity index (χ3n) is 2.99. The fourth-order valence-corrected chi connectivity index (χ4v) is 1.87. The lowest BCUT2D eigenvalue weighted by molar-refractivity contribution is 0.0595. The highest BCUT2D eigenvalue weighted by atomic mass is 16.5. The Morgan fingerprint density at radius 3 is 2.50 bits per heavy atom. The minimum atomic E-state index is -0.722. The van der Waals surface area contributed by atoms with E-state index in [1.54, 1.807) is 0 Å². The molecule has 0 aliphatic carbocycles. The van der Waals surface area contributed by atoms with Gasteiger partial charge in [0.25, 0.3) is 5.91 Å². The zero-order valence-electron chi connectivity index (χ0n) is 11.9. The van der Waals surface area contributed by atoms with E-state index in [1.807, 2.05) is 30.3 Å². The number of methoxy groups -OCH3 is 1. The van der Waals surface area contributed by atoms with Gasteiger partial charge in [0.1, 0.15) is 17.9 Å². The van der Waals surface area contributed by atoms with E-state index in [0.717, 1.165) is 5.56 Å². The van der Waals surface area contributed by atoms with Gasteiger partial charge in [0.15, 0.2) is 0 Å². The summed E-state index contributed by atoms with van der Waals surface area (Å²) in [5, 5.41) is 8.65. The van der Waals surface area contributed by atoms with Crippen LogP contribution in [0.1, 0.15) is 26.3 Å². The van der Waals surface area contributed by atoms with Crippen molar-refractivity contribution in [3.8, 4) is 5.75 Å². The Bertz CT molecular complexity index is 669. The van der Waals surface area contributed by atoms with E-state index in [0.29, 0.717) is 5.75 Å². The largest absolute Gasteiger partial charge is 0.488 e. The normalized spacial score (nSPS) is 9.91. The molecule has 0 bridgehead atoms. The Hall–Kier alpha value is -2.86. The minimum Gasteiger partial charge on any atom is -0.488 e. The lowest BCUT2D eigenvalue weighted by atomic mass is 10.1. The Kier molecular flexibility index (Phi) is 5.11. The third-order valence-corrected chi connectivity index (χ3v) is 2.99. The maximum atomic E-state index is 11.8. The molecule has 114 valence electrons. The van der Waals surface area contributed by atoms with E-state index in [2.05, 4.69) is 4.74 Å². The standard InChI is InChI=1S/C16H15NO5/c1-21-16(19)13-9-12(15(18)17-20)7-8-14(13)22-10-11-5-3-2-4-6-11/h2-9,20H,10H2,1H3,(H,17,18). The van der Waals surface area contributed by atoms with Crippen molar-refractivity contribution in [1.82, 2.24) is 5.48 Å². The first-order valence-corrected chi connectivity index (χ1v) is 6.49. The first-order valence-electron chi connectivity index (χ1n) is 6.49. The van der Waals surface area contributed by atoms with E-state index in [9.17, 15) is 9.59 Å². The van der Waals surface area contributed by atoms with Crippen molar-refractivity contribution in [3.63, 3.8) is 0 Å². The number of hydroxylamine groups is 1. The van der Waals surface area contributed by atoms with Crippen LogP contribution in [-0.4, -0.2) is 24.2 Å². The summed E-state index contributed by atoms with van der Waals surface area (Å²) in [6.07, 6.45) is 0. The summed E-state index contributed by atoms with van der Waals surface area (Å²) in [6, 6.07) is 13.7. The summed E-state index contributed by atoms with van der Waals surface area (Å²) in [5.41, 5.74) is 2.68. The van der Waals surface area contributed by atoms with Gasteiger partial charge in [0, 0.05) is 5.56 Å². The quantitative estimate of drug-likeness (QED) is 0.502. The molecule has 0 radical (unpaired) electrons. The number of ether oxygens (including phenoxy) is 2. The van der Waals surface area contributed by atoms with Crippen LogP contribution >= 0.6 is 0 Å². The number of carbonyl (C=O) groups excluding carboxylic acids is 2. The van der Waals surface area contributed by atoms with Gasteiger partial charge in [0.05, 0.1) is 7.11 Å². The highest BCUT2D eigenvalue weighted by molar-refractivity contribution is 5.99. The molecule has 1 amide bonds. The van der Waals surface area contributed by atoms with Crippen molar-refractivity contribution in [2.24, 2.45) is 0 Å². The molecule has 2 aromatic carbocycles. The molecule has 2 N–H and O–H groups in total. The van der Waals surface area contributed by atoms with Gasteiger partial charge in [-0.2, -0.15) is 0 Å². The second-order valence-corrected chi connectivity index (χ2v) is 4.42. The predicted molar refractivity (Wildman–Crippen MR) is 77.8 cm³/mol. The van der Waals surface area contributed by atoms with Gasteiger partial charge < -0.3 is 9.47 Å². The van der Waals surface area contributed by atoms with Crippen LogP contribution in [0.15, 0.2) is 48.5 Å². The van der Waals surface area contributed by atoms with Crippen molar-refractivity contribution in [1.29, 1.82) is 0 Å². The average molecular weight is 301 g/mol. The van der Waals surface area contributed by atoms with Crippen LogP contribution in [0.25, 0.3) is 0 Å². The smallest absolute Gasteiger partial charge is 0.341 e. The molecule has 0 saturated heterocycles. The SMILES string of the molecule is COC(=O)c1cc(C(=O)NO)ccc1OCc1ccccc1. The van der Waals surface area contributed by atoms with Crippen molar-refractivity contribution >= 4 is 11.9 Å². The average Bonchev–Trinajstić information content (AvgIpc) is 2.59. The fourth-order valence-electron chi connectivity index (χ4n) is 1.87. The number of hydrogen-bond acceptors (Lipinski definition) is 5. The topological polar surface area (TPSA) is 84.9 Å². The number of esters is 1. The highest BCUT2D eigenvalue weighted by Crippen LogP contribution is 2.22. The highest BCUT2D eigenvalue weighted by Gasteiger charge is 2.16. The lowest BCUT2D eigenvalue weighted by Crippen LogP contribution is -2.19. The van der Waals surface area contributed by atoms with Gasteiger partial charge >= 0.3 is 5.97 Å². The number of amides is 1. The molecular formula is C16H15NO5. The zero-order valence-corrected chi connectivity index (χ0v) is 11.9. The molecule has 0 aromatic heterocycles. The van der Waals surface area contributed by atoms with E-state index >= 15 is 0 Å². The second-order valence-electron chi connectivity index (χ2n) is 4.42. The third kappa shape index (κ3) is 3.62. The molecule has 0 spiro atoms. The van der Waals surface area contributed by atoms with Crippen molar-refractivity contribution in [2.45, 2.75) is 6.61 Å². The molecule has 0 unspecified atom stereocenters. The monoisotopic (exact) mass is 301 g/mol. The molecule has 2 aromatic rings. The predicted octanol–water partition coefficient (Wildman–Crippen LogP) is 2.17. The maximum absolute atomic E-state index is 11.8. The fraction of sp³-hybridized carbons (Fsp3) is 0.125. The van der Waals surface area contributed by atoms with Crippen molar-refractivity contribution < 1.29 is 24.3 Å². The van der Waals surface area contributed by atoms with E-state index < -0.39 is 11.9 Å². The molecule has 6 nitrogen and oxygen atoms in total. The van der Waals surface area contributed by atoms with Crippen LogP contribution in [0.3, 0.4) is 0 Å². The van der Waals surface area contributed by atoms with E-state index in [-0.39, 0.29) is 17.7 Å². The summed E-state index contributed by atoms with van der Waals surface area (Å²) in [7, 11) is 1.24. The minimum absolute atomic E-state index is 0.111. The van der Waals surface area contributed by atoms with Gasteiger partial charge in [-0.05, 0) is 23.8 Å². The summed E-state index contributed by atoms with van der Waals surface area (Å²) in [4.78, 5) is 23.2. The van der Waals surface area contributed by atoms with E-state index in [4.69, 9.17) is 9.94 Å². The van der Waals surface area contributed by atoms with Crippen LogP contribution < -0.4 is 10.2 Å². The maximum Gasteiger partial charge on any atom is 0.341 e. The summed E-state index contributed by atoms with van der Waals surface area (Å²) < 4.78 is 10.3.